The summed E-state index contributed by atoms with van der Waals surface area (Å²) in [5.74, 6) is -0.924. The molecule has 1 aromatic heterocycles. The highest BCUT2D eigenvalue weighted by Gasteiger charge is 2.28. The van der Waals surface area contributed by atoms with E-state index in [9.17, 15) is 9.18 Å². The van der Waals surface area contributed by atoms with Crippen LogP contribution in [-0.2, 0) is 4.74 Å². The van der Waals surface area contributed by atoms with Crippen LogP contribution in [0.25, 0.3) is 0 Å². The Labute approximate surface area is 123 Å². The Balaban J connectivity index is 3.17. The Morgan fingerprint density at radius 1 is 1.38 bits per heavy atom. The van der Waals surface area contributed by atoms with E-state index in [1.807, 2.05) is 0 Å². The average Bonchev–Trinajstić information content (AvgIpc) is 2.29. The summed E-state index contributed by atoms with van der Waals surface area (Å²) in [5.41, 5.74) is -0.809. The number of carbonyl (C=O) groups is 1. The summed E-state index contributed by atoms with van der Waals surface area (Å²) in [6, 6.07) is 1.97. The molecule has 0 aliphatic heterocycles. The van der Waals surface area contributed by atoms with Gasteiger partial charge in [-0.1, -0.05) is 0 Å². The Morgan fingerprint density at radius 2 is 1.95 bits per heavy atom. The van der Waals surface area contributed by atoms with Crippen LogP contribution in [0.2, 0.25) is 0 Å². The van der Waals surface area contributed by atoms with Crippen molar-refractivity contribution in [3.63, 3.8) is 0 Å². The summed E-state index contributed by atoms with van der Waals surface area (Å²) in [7, 11) is 0. The van der Waals surface area contributed by atoms with Crippen molar-refractivity contribution >= 4 is 12.1 Å². The van der Waals surface area contributed by atoms with E-state index >= 15 is 0 Å². The quantitative estimate of drug-likeness (QED) is 0.616. The highest BCUT2D eigenvalue weighted by Crippen LogP contribution is 2.12. The molecule has 2 N–H and O–H groups in total. The summed E-state index contributed by atoms with van der Waals surface area (Å²) in [6.07, 6.45) is 0.281. The minimum Gasteiger partial charge on any atom is -0.443 e. The fourth-order valence-electron chi connectivity index (χ4n) is 1.62. The van der Waals surface area contributed by atoms with Gasteiger partial charge in [0.1, 0.15) is 16.9 Å². The first-order valence-corrected chi connectivity index (χ1v) is 6.57. The number of ether oxygens (including phenoxy) is 1. The Kier molecular flexibility index (Phi) is 4.88. The van der Waals surface area contributed by atoms with Crippen LogP contribution >= 0.6 is 0 Å². The molecule has 1 rings (SSSR count). The van der Waals surface area contributed by atoms with E-state index in [-0.39, 0.29) is 17.5 Å². The highest BCUT2D eigenvalue weighted by molar-refractivity contribution is 5.93. The van der Waals surface area contributed by atoms with Gasteiger partial charge in [0.2, 0.25) is 5.96 Å². The minimum absolute atomic E-state index is 0.101. The van der Waals surface area contributed by atoms with Crippen molar-refractivity contribution < 1.29 is 13.9 Å². The number of amides is 1. The molecule has 0 aliphatic rings. The predicted molar refractivity (Wildman–Crippen MR) is 76.6 cm³/mol. The zero-order valence-corrected chi connectivity index (χ0v) is 12.9. The second kappa shape index (κ2) is 6.07. The Hall–Kier alpha value is -2.18. The molecule has 0 atom stereocenters. The number of nitrogens with zero attached hydrogens (tertiary/aromatic N) is 2. The summed E-state index contributed by atoms with van der Waals surface area (Å²) < 4.78 is 19.5. The standard InChI is InChI=1S/C14H21FN4O2/c1-9(2)19(13(20)21-14(3,4)5)12(17)18-8-10(15)6-7-11(18)16/h6-9,16-17H,1-5H3. The smallest absolute Gasteiger partial charge is 0.417 e. The topological polar surface area (TPSA) is 82.2 Å². The molecular formula is C14H21FN4O2. The maximum absolute atomic E-state index is 13.3. The van der Waals surface area contributed by atoms with Crippen LogP contribution in [0.4, 0.5) is 9.18 Å². The number of aromatic nitrogens is 1. The number of carbonyl (C=O) groups excluding carboxylic acids is 1. The van der Waals surface area contributed by atoms with Gasteiger partial charge in [0.15, 0.2) is 0 Å². The van der Waals surface area contributed by atoms with Gasteiger partial charge in [0.25, 0.3) is 0 Å². The van der Waals surface area contributed by atoms with Crippen molar-refractivity contribution in [1.29, 1.82) is 10.8 Å². The molecule has 1 heterocycles. The fraction of sp³-hybridized carbons (Fsp3) is 0.500. The van der Waals surface area contributed by atoms with Gasteiger partial charge in [-0.15, -0.1) is 0 Å². The van der Waals surface area contributed by atoms with Gasteiger partial charge >= 0.3 is 6.09 Å². The summed E-state index contributed by atoms with van der Waals surface area (Å²) in [6.45, 7) is 8.58. The lowest BCUT2D eigenvalue weighted by Gasteiger charge is -2.30. The molecule has 0 unspecified atom stereocenters. The van der Waals surface area contributed by atoms with Crippen LogP contribution in [0.1, 0.15) is 34.6 Å². The van der Waals surface area contributed by atoms with Crippen molar-refractivity contribution in [2.24, 2.45) is 0 Å². The van der Waals surface area contributed by atoms with Gasteiger partial charge in [0.05, 0.1) is 0 Å². The molecule has 7 heteroatoms. The molecule has 0 spiro atoms. The number of rotatable bonds is 1. The summed E-state index contributed by atoms with van der Waals surface area (Å²) in [4.78, 5) is 13.3. The zero-order chi connectivity index (χ0) is 16.4. The average molecular weight is 296 g/mol. The lowest BCUT2D eigenvalue weighted by Crippen LogP contribution is -2.49. The largest absolute Gasteiger partial charge is 0.443 e. The first-order chi connectivity index (χ1) is 9.53. The molecule has 0 bridgehead atoms. The molecule has 0 saturated heterocycles. The summed E-state index contributed by atoms with van der Waals surface area (Å²) >= 11 is 0. The molecule has 116 valence electrons. The van der Waals surface area contributed by atoms with Gasteiger partial charge in [-0.05, 0) is 46.8 Å². The Morgan fingerprint density at radius 3 is 2.43 bits per heavy atom. The van der Waals surface area contributed by atoms with E-state index in [0.717, 1.165) is 21.7 Å². The monoisotopic (exact) mass is 296 g/mol. The number of hydrogen-bond donors (Lipinski definition) is 2. The number of nitrogens with one attached hydrogen (secondary N) is 2. The van der Waals surface area contributed by atoms with Crippen LogP contribution in [-0.4, -0.2) is 33.2 Å². The SMILES string of the molecule is CC(C)N(C(=N)n1cc(F)ccc1=N)C(=O)OC(C)(C)C. The van der Waals surface area contributed by atoms with Crippen LogP contribution < -0.4 is 5.49 Å². The zero-order valence-electron chi connectivity index (χ0n) is 12.9. The minimum atomic E-state index is -0.710. The summed E-state index contributed by atoms with van der Waals surface area (Å²) in [5, 5.41) is 15.8. The van der Waals surface area contributed by atoms with Crippen molar-refractivity contribution in [2.45, 2.75) is 46.3 Å². The van der Waals surface area contributed by atoms with Gasteiger partial charge in [0, 0.05) is 12.2 Å². The van der Waals surface area contributed by atoms with Crippen LogP contribution in [0.15, 0.2) is 18.3 Å². The maximum atomic E-state index is 13.3. The maximum Gasteiger partial charge on any atom is 0.417 e. The molecule has 6 nitrogen and oxygen atoms in total. The third kappa shape index (κ3) is 4.40. The number of hydrogen-bond acceptors (Lipinski definition) is 4. The Bertz CT molecular complexity index is 602. The van der Waals surface area contributed by atoms with E-state index < -0.39 is 17.5 Å². The molecule has 21 heavy (non-hydrogen) atoms. The van der Waals surface area contributed by atoms with Gasteiger partial charge in [-0.3, -0.25) is 15.4 Å². The van der Waals surface area contributed by atoms with Crippen LogP contribution in [0, 0.1) is 16.6 Å². The van der Waals surface area contributed by atoms with Gasteiger partial charge < -0.3 is 4.74 Å². The van der Waals surface area contributed by atoms with Crippen molar-refractivity contribution in [2.75, 3.05) is 0 Å². The molecule has 0 radical (unpaired) electrons. The van der Waals surface area contributed by atoms with Gasteiger partial charge in [-0.2, -0.15) is 0 Å². The molecule has 0 aromatic carbocycles. The van der Waals surface area contributed by atoms with Crippen molar-refractivity contribution in [3.05, 3.63) is 29.6 Å². The third-order valence-corrected chi connectivity index (χ3v) is 2.48. The molecule has 1 amide bonds. The first-order valence-electron chi connectivity index (χ1n) is 6.57. The molecular weight excluding hydrogens is 275 g/mol. The number of pyridine rings is 1. The van der Waals surface area contributed by atoms with E-state index in [1.165, 1.54) is 6.07 Å². The first kappa shape index (κ1) is 16.9. The molecule has 1 aromatic rings. The second-order valence-corrected chi connectivity index (χ2v) is 5.87. The molecule has 0 aliphatic carbocycles. The predicted octanol–water partition coefficient (Wildman–Crippen LogP) is 2.54. The fourth-order valence-corrected chi connectivity index (χ4v) is 1.62. The van der Waals surface area contributed by atoms with E-state index in [4.69, 9.17) is 15.6 Å². The van der Waals surface area contributed by atoms with Crippen LogP contribution in [0.3, 0.4) is 0 Å². The van der Waals surface area contributed by atoms with Crippen molar-refractivity contribution in [3.8, 4) is 0 Å². The lowest BCUT2D eigenvalue weighted by atomic mass is 10.2. The molecule has 0 fully saturated rings. The molecule has 0 saturated carbocycles. The number of halogens is 1. The third-order valence-electron chi connectivity index (χ3n) is 2.48. The lowest BCUT2D eigenvalue weighted by molar-refractivity contribution is 0.0324. The van der Waals surface area contributed by atoms with E-state index in [1.54, 1.807) is 34.6 Å². The van der Waals surface area contributed by atoms with Crippen molar-refractivity contribution in [1.82, 2.24) is 9.47 Å². The normalized spacial score (nSPS) is 11.4. The van der Waals surface area contributed by atoms with E-state index in [2.05, 4.69) is 0 Å². The second-order valence-electron chi connectivity index (χ2n) is 5.87. The van der Waals surface area contributed by atoms with E-state index in [0.29, 0.717) is 0 Å². The van der Waals surface area contributed by atoms with Crippen LogP contribution in [0.5, 0.6) is 0 Å². The highest BCUT2D eigenvalue weighted by atomic mass is 19.1. The van der Waals surface area contributed by atoms with Gasteiger partial charge in [-0.25, -0.2) is 14.1 Å².